The number of amides is 1. The van der Waals surface area contributed by atoms with E-state index in [2.05, 4.69) is 10.1 Å². The van der Waals surface area contributed by atoms with E-state index in [9.17, 15) is 26.8 Å². The third-order valence-electron chi connectivity index (χ3n) is 4.42. The number of furan rings is 1. The van der Waals surface area contributed by atoms with Crippen LogP contribution in [-0.4, -0.2) is 44.8 Å². The van der Waals surface area contributed by atoms with Crippen LogP contribution in [0.1, 0.15) is 40.2 Å². The molecule has 1 aromatic heterocycles. The van der Waals surface area contributed by atoms with Gasteiger partial charge in [0.25, 0.3) is 15.9 Å². The predicted octanol–water partition coefficient (Wildman–Crippen LogP) is 2.77. The molecule has 8 nitrogen and oxygen atoms in total. The fraction of sp³-hybridized carbons (Fsp3) is 0.333. The molecule has 156 valence electrons. The number of esters is 1. The van der Waals surface area contributed by atoms with E-state index in [1.807, 2.05) is 0 Å². The van der Waals surface area contributed by atoms with Gasteiger partial charge in [-0.05, 0) is 31.0 Å². The molecule has 0 unspecified atom stereocenters. The van der Waals surface area contributed by atoms with Crippen LogP contribution in [-0.2, 0) is 14.8 Å². The standard InChI is InChI=1S/C18H18F2N2O6S/c1-27-18(24)11-9-14(13(20)10-12(11)19)21-17(23)15-5-6-16(28-15)29(25,26)22-7-3-2-4-8-22/h5-6,9-10H,2-4,7-8H2,1H3,(H,21,23). The Balaban J connectivity index is 1.81. The summed E-state index contributed by atoms with van der Waals surface area (Å²) in [7, 11) is -2.86. The number of hydrogen-bond donors (Lipinski definition) is 1. The number of benzene rings is 1. The zero-order chi connectivity index (χ0) is 21.2. The average molecular weight is 428 g/mol. The van der Waals surface area contributed by atoms with E-state index in [0.29, 0.717) is 19.2 Å². The number of sulfonamides is 1. The maximum Gasteiger partial charge on any atom is 0.340 e. The van der Waals surface area contributed by atoms with E-state index >= 15 is 0 Å². The summed E-state index contributed by atoms with van der Waals surface area (Å²) in [6, 6.07) is 3.48. The van der Waals surface area contributed by atoms with Gasteiger partial charge in [-0.1, -0.05) is 6.42 Å². The molecule has 1 aromatic carbocycles. The highest BCUT2D eigenvalue weighted by Gasteiger charge is 2.30. The highest BCUT2D eigenvalue weighted by Crippen LogP contribution is 2.24. The van der Waals surface area contributed by atoms with Gasteiger partial charge in [0.1, 0.15) is 11.6 Å². The molecule has 1 saturated heterocycles. The van der Waals surface area contributed by atoms with Crippen molar-refractivity contribution in [2.45, 2.75) is 24.4 Å². The van der Waals surface area contributed by atoms with Gasteiger partial charge in [0.05, 0.1) is 18.4 Å². The van der Waals surface area contributed by atoms with E-state index in [4.69, 9.17) is 4.42 Å². The van der Waals surface area contributed by atoms with E-state index in [0.717, 1.165) is 44.6 Å². The Morgan fingerprint density at radius 3 is 2.45 bits per heavy atom. The fourth-order valence-corrected chi connectivity index (χ4v) is 4.34. The van der Waals surface area contributed by atoms with Crippen LogP contribution in [0.5, 0.6) is 0 Å². The zero-order valence-corrected chi connectivity index (χ0v) is 16.2. The van der Waals surface area contributed by atoms with E-state index in [1.54, 1.807) is 0 Å². The van der Waals surface area contributed by atoms with Crippen LogP contribution in [0, 0.1) is 11.6 Å². The first-order chi connectivity index (χ1) is 13.7. The van der Waals surface area contributed by atoms with Crippen LogP contribution in [0.15, 0.2) is 33.8 Å². The summed E-state index contributed by atoms with van der Waals surface area (Å²) in [4.78, 5) is 23.9. The van der Waals surface area contributed by atoms with Crippen LogP contribution in [0.3, 0.4) is 0 Å². The van der Waals surface area contributed by atoms with Crippen molar-refractivity contribution in [3.8, 4) is 0 Å². The lowest BCUT2D eigenvalue weighted by Crippen LogP contribution is -2.35. The first kappa shape index (κ1) is 20.9. The molecule has 0 radical (unpaired) electrons. The summed E-state index contributed by atoms with van der Waals surface area (Å²) in [5, 5.41) is 1.72. The third kappa shape index (κ3) is 4.30. The molecule has 1 aliphatic rings. The van der Waals surface area contributed by atoms with E-state index < -0.39 is 49.9 Å². The van der Waals surface area contributed by atoms with Crippen LogP contribution < -0.4 is 5.32 Å². The van der Waals surface area contributed by atoms with E-state index in [-0.39, 0.29) is 5.76 Å². The number of carbonyl (C=O) groups excluding carboxylic acids is 2. The number of nitrogens with zero attached hydrogens (tertiary/aromatic N) is 1. The molecule has 0 spiro atoms. The number of rotatable bonds is 5. The summed E-state index contributed by atoms with van der Waals surface area (Å²) in [6.45, 7) is 0.726. The minimum atomic E-state index is -3.88. The van der Waals surface area contributed by atoms with Crippen LogP contribution >= 0.6 is 0 Å². The highest BCUT2D eigenvalue weighted by molar-refractivity contribution is 7.89. The lowest BCUT2D eigenvalue weighted by atomic mass is 10.1. The summed E-state index contributed by atoms with van der Waals surface area (Å²) >= 11 is 0. The van der Waals surface area contributed by atoms with Crippen LogP contribution in [0.4, 0.5) is 14.5 Å². The van der Waals surface area contributed by atoms with Gasteiger partial charge in [0.15, 0.2) is 5.76 Å². The number of halogens is 2. The molecule has 0 bridgehead atoms. The molecule has 1 N–H and O–H groups in total. The lowest BCUT2D eigenvalue weighted by Gasteiger charge is -2.24. The van der Waals surface area contributed by atoms with Crippen molar-refractivity contribution in [2.24, 2.45) is 0 Å². The largest absolute Gasteiger partial charge is 0.465 e. The minimum absolute atomic E-state index is 0.363. The number of piperidine rings is 1. The van der Waals surface area contributed by atoms with Gasteiger partial charge in [0, 0.05) is 19.2 Å². The second kappa shape index (κ2) is 8.29. The molecular formula is C18H18F2N2O6S. The quantitative estimate of drug-likeness (QED) is 0.734. The first-order valence-corrected chi connectivity index (χ1v) is 10.2. The zero-order valence-electron chi connectivity index (χ0n) is 15.4. The second-order valence-corrected chi connectivity index (χ2v) is 8.21. The molecule has 2 heterocycles. The van der Waals surface area contributed by atoms with Gasteiger partial charge in [-0.25, -0.2) is 22.0 Å². The number of anilines is 1. The monoisotopic (exact) mass is 428 g/mol. The molecule has 0 aliphatic carbocycles. The van der Waals surface area contributed by atoms with Gasteiger partial charge in [-0.2, -0.15) is 4.31 Å². The number of hydrogen-bond acceptors (Lipinski definition) is 6. The molecule has 1 fully saturated rings. The fourth-order valence-electron chi connectivity index (χ4n) is 2.91. The van der Waals surface area contributed by atoms with Crippen LogP contribution in [0.25, 0.3) is 0 Å². The number of ether oxygens (including phenoxy) is 1. The Labute approximate surface area is 165 Å². The Kier molecular flexibility index (Phi) is 5.99. The van der Waals surface area contributed by atoms with Gasteiger partial charge >= 0.3 is 5.97 Å². The first-order valence-electron chi connectivity index (χ1n) is 8.72. The van der Waals surface area contributed by atoms with Gasteiger partial charge in [-0.3, -0.25) is 4.79 Å². The molecule has 1 amide bonds. The number of carbonyl (C=O) groups is 2. The second-order valence-electron chi connectivity index (χ2n) is 6.34. The Morgan fingerprint density at radius 2 is 1.79 bits per heavy atom. The Hall–Kier alpha value is -2.79. The summed E-state index contributed by atoms with van der Waals surface area (Å²) < 4.78 is 63.7. The van der Waals surface area contributed by atoms with Crippen molar-refractivity contribution in [3.05, 3.63) is 47.2 Å². The van der Waals surface area contributed by atoms with Crippen molar-refractivity contribution < 1.29 is 35.9 Å². The summed E-state index contributed by atoms with van der Waals surface area (Å²) in [6.07, 6.45) is 2.41. The number of nitrogens with one attached hydrogen (secondary N) is 1. The molecule has 0 saturated carbocycles. The highest BCUT2D eigenvalue weighted by atomic mass is 32.2. The van der Waals surface area contributed by atoms with Crippen molar-refractivity contribution in [3.63, 3.8) is 0 Å². The van der Waals surface area contributed by atoms with Gasteiger partial charge in [0.2, 0.25) is 5.09 Å². The minimum Gasteiger partial charge on any atom is -0.465 e. The van der Waals surface area contributed by atoms with Crippen molar-refractivity contribution in [1.29, 1.82) is 0 Å². The Bertz CT molecular complexity index is 1040. The maximum atomic E-state index is 14.0. The van der Waals surface area contributed by atoms with Crippen molar-refractivity contribution in [1.82, 2.24) is 4.31 Å². The van der Waals surface area contributed by atoms with E-state index in [1.165, 1.54) is 4.31 Å². The molecular weight excluding hydrogens is 410 g/mol. The molecule has 29 heavy (non-hydrogen) atoms. The molecule has 2 aromatic rings. The van der Waals surface area contributed by atoms with Gasteiger partial charge in [-0.15, -0.1) is 0 Å². The Morgan fingerprint density at radius 1 is 1.10 bits per heavy atom. The topological polar surface area (TPSA) is 106 Å². The summed E-state index contributed by atoms with van der Waals surface area (Å²) in [5.74, 6) is -4.68. The molecule has 0 atom stereocenters. The average Bonchev–Trinajstić information content (AvgIpc) is 3.21. The number of methoxy groups -OCH3 is 1. The SMILES string of the molecule is COC(=O)c1cc(NC(=O)c2ccc(S(=O)(=O)N3CCCCC3)o2)c(F)cc1F. The van der Waals surface area contributed by atoms with Crippen LogP contribution in [0.2, 0.25) is 0 Å². The third-order valence-corrected chi connectivity index (χ3v) is 6.20. The predicted molar refractivity (Wildman–Crippen MR) is 97.0 cm³/mol. The maximum absolute atomic E-state index is 14.0. The van der Waals surface area contributed by atoms with Crippen molar-refractivity contribution >= 4 is 27.6 Å². The summed E-state index contributed by atoms with van der Waals surface area (Å²) in [5.41, 5.74) is -1.06. The molecule has 11 heteroatoms. The normalized spacial score (nSPS) is 15.1. The molecule has 3 rings (SSSR count). The van der Waals surface area contributed by atoms with Crippen molar-refractivity contribution in [2.75, 3.05) is 25.5 Å². The van der Waals surface area contributed by atoms with Gasteiger partial charge < -0.3 is 14.5 Å². The lowest BCUT2D eigenvalue weighted by molar-refractivity contribution is 0.0595. The smallest absolute Gasteiger partial charge is 0.340 e. The molecule has 1 aliphatic heterocycles.